The molecule has 1 heterocycles. The molecule has 0 saturated carbocycles. The lowest BCUT2D eigenvalue weighted by atomic mass is 10.1. The van der Waals surface area contributed by atoms with Gasteiger partial charge in [-0.25, -0.2) is 8.93 Å². The Hall–Kier alpha value is -1.53. The molecule has 0 fully saturated rings. The molecule has 5 nitrogen and oxygen atoms in total. The number of fused-ring (bicyclic) bond motifs is 1. The van der Waals surface area contributed by atoms with Crippen molar-refractivity contribution in [2.45, 2.75) is 0 Å². The molecule has 0 aromatic heterocycles. The van der Waals surface area contributed by atoms with Crippen LogP contribution in [0.1, 0.15) is 20.7 Å². The van der Waals surface area contributed by atoms with E-state index in [1.807, 2.05) is 0 Å². The third-order valence-corrected chi connectivity index (χ3v) is 3.61. The number of amides is 2. The Morgan fingerprint density at radius 2 is 1.71 bits per heavy atom. The molecule has 0 saturated heterocycles. The zero-order valence-electron chi connectivity index (χ0n) is 9.30. The monoisotopic (exact) mass is 252 g/mol. The van der Waals surface area contributed by atoms with Crippen molar-refractivity contribution in [3.63, 3.8) is 0 Å². The molecule has 0 aliphatic carbocycles. The van der Waals surface area contributed by atoms with Gasteiger partial charge >= 0.3 is 0 Å². The van der Waals surface area contributed by atoms with Gasteiger partial charge in [-0.3, -0.25) is 14.5 Å². The Morgan fingerprint density at radius 3 is 2.18 bits per heavy atom. The predicted molar refractivity (Wildman–Crippen MR) is 63.9 cm³/mol. The van der Waals surface area contributed by atoms with E-state index in [0.29, 0.717) is 11.1 Å². The molecule has 1 atom stereocenters. The van der Waals surface area contributed by atoms with Gasteiger partial charge < -0.3 is 0 Å². The number of hydrogen-bond acceptors (Lipinski definition) is 3. The maximum atomic E-state index is 11.9. The van der Waals surface area contributed by atoms with E-state index in [-0.39, 0.29) is 24.1 Å². The van der Waals surface area contributed by atoms with Crippen molar-refractivity contribution in [3.05, 3.63) is 35.4 Å². The smallest absolute Gasteiger partial charge is 0.261 e. The fraction of sp³-hybridized carbons (Fsp3) is 0.273. The maximum absolute atomic E-state index is 11.9. The average molecular weight is 252 g/mol. The molecular weight excluding hydrogens is 240 g/mol. The first-order valence-electron chi connectivity index (χ1n) is 5.16. The molecule has 0 bridgehead atoms. The van der Waals surface area contributed by atoms with Crippen LogP contribution in [0.15, 0.2) is 24.3 Å². The summed E-state index contributed by atoms with van der Waals surface area (Å²) in [5.41, 5.74) is 0.848. The summed E-state index contributed by atoms with van der Waals surface area (Å²) in [6.07, 6.45) is 0. The third-order valence-electron chi connectivity index (χ3n) is 2.61. The van der Waals surface area contributed by atoms with Crippen LogP contribution < -0.4 is 4.72 Å². The van der Waals surface area contributed by atoms with Crippen LogP contribution in [-0.4, -0.2) is 40.3 Å². The minimum absolute atomic E-state index is 0.166. The minimum atomic E-state index is -1.21. The maximum Gasteiger partial charge on any atom is 0.261 e. The summed E-state index contributed by atoms with van der Waals surface area (Å²) in [4.78, 5) is 24.9. The van der Waals surface area contributed by atoms with Crippen LogP contribution in [0, 0.1) is 0 Å². The normalized spacial score (nSPS) is 16.2. The summed E-state index contributed by atoms with van der Waals surface area (Å²) in [7, 11) is 0.354. The van der Waals surface area contributed by atoms with Crippen LogP contribution in [-0.2, 0) is 11.0 Å². The largest absolute Gasteiger partial charge is 0.273 e. The molecule has 1 aromatic carbocycles. The first-order valence-corrected chi connectivity index (χ1v) is 6.48. The second kappa shape index (κ2) is 4.77. The topological polar surface area (TPSA) is 66.5 Å². The molecule has 2 rings (SSSR count). The lowest BCUT2D eigenvalue weighted by molar-refractivity contribution is 0.0664. The van der Waals surface area contributed by atoms with E-state index in [4.69, 9.17) is 0 Å². The molecule has 6 heteroatoms. The summed E-state index contributed by atoms with van der Waals surface area (Å²) < 4.78 is 13.8. The highest BCUT2D eigenvalue weighted by molar-refractivity contribution is 7.83. The summed E-state index contributed by atoms with van der Waals surface area (Å²) in [6.45, 7) is 0.166. The molecule has 1 N–H and O–H groups in total. The first-order chi connectivity index (χ1) is 8.15. The molecule has 17 heavy (non-hydrogen) atoms. The number of rotatable bonds is 4. The van der Waals surface area contributed by atoms with Crippen LogP contribution in [0.3, 0.4) is 0 Å². The van der Waals surface area contributed by atoms with Crippen molar-refractivity contribution in [1.29, 1.82) is 0 Å². The van der Waals surface area contributed by atoms with E-state index in [2.05, 4.69) is 4.72 Å². The second-order valence-electron chi connectivity index (χ2n) is 3.56. The Morgan fingerprint density at radius 1 is 1.18 bits per heavy atom. The molecule has 0 spiro atoms. The third kappa shape index (κ3) is 2.13. The summed E-state index contributed by atoms with van der Waals surface area (Å²) >= 11 is 0. The number of imide groups is 1. The zero-order chi connectivity index (χ0) is 12.4. The van der Waals surface area contributed by atoms with Gasteiger partial charge in [-0.2, -0.15) is 0 Å². The Labute approximate surface area is 101 Å². The molecule has 1 aliphatic rings. The van der Waals surface area contributed by atoms with Crippen LogP contribution in [0.25, 0.3) is 0 Å². The van der Waals surface area contributed by atoms with Gasteiger partial charge in [0.2, 0.25) is 0 Å². The van der Waals surface area contributed by atoms with Crippen LogP contribution >= 0.6 is 0 Å². The standard InChI is InChI=1S/C11H12N2O3S/c1-12-17(16)7-6-13-10(14)8-4-2-3-5-9(8)11(13)15/h2-5,12H,6-7H2,1H3. The molecule has 90 valence electrons. The van der Waals surface area contributed by atoms with Crippen LogP contribution in [0.4, 0.5) is 0 Å². The number of nitrogens with one attached hydrogen (secondary N) is 1. The number of carbonyl (C=O) groups is 2. The van der Waals surface area contributed by atoms with Crippen molar-refractivity contribution in [2.24, 2.45) is 0 Å². The van der Waals surface area contributed by atoms with Gasteiger partial charge in [-0.15, -0.1) is 0 Å². The van der Waals surface area contributed by atoms with E-state index in [1.54, 1.807) is 31.3 Å². The predicted octanol–water partition coefficient (Wildman–Crippen LogP) is 0.166. The van der Waals surface area contributed by atoms with Gasteiger partial charge in [0.1, 0.15) is 0 Å². The quantitative estimate of drug-likeness (QED) is 0.777. The molecule has 1 unspecified atom stereocenters. The number of carbonyl (C=O) groups excluding carboxylic acids is 2. The summed E-state index contributed by atoms with van der Waals surface area (Å²) in [5.74, 6) is -0.375. The number of hydrogen-bond donors (Lipinski definition) is 1. The fourth-order valence-corrected chi connectivity index (χ4v) is 2.27. The minimum Gasteiger partial charge on any atom is -0.273 e. The van der Waals surface area contributed by atoms with Crippen molar-refractivity contribution in [3.8, 4) is 0 Å². The van der Waals surface area contributed by atoms with Gasteiger partial charge in [-0.05, 0) is 19.2 Å². The lowest BCUT2D eigenvalue weighted by Crippen LogP contribution is -2.34. The number of benzene rings is 1. The van der Waals surface area contributed by atoms with E-state index >= 15 is 0 Å². The van der Waals surface area contributed by atoms with Crippen molar-refractivity contribution in [1.82, 2.24) is 9.62 Å². The zero-order valence-corrected chi connectivity index (χ0v) is 10.1. The van der Waals surface area contributed by atoms with Gasteiger partial charge in [-0.1, -0.05) is 12.1 Å². The Kier molecular flexibility index (Phi) is 3.35. The van der Waals surface area contributed by atoms with Gasteiger partial charge in [0.05, 0.1) is 27.9 Å². The molecule has 1 aliphatic heterocycles. The van der Waals surface area contributed by atoms with Crippen molar-refractivity contribution < 1.29 is 13.8 Å². The lowest BCUT2D eigenvalue weighted by Gasteiger charge is -2.12. The van der Waals surface area contributed by atoms with Crippen molar-refractivity contribution in [2.75, 3.05) is 19.3 Å². The van der Waals surface area contributed by atoms with Crippen LogP contribution in [0.5, 0.6) is 0 Å². The van der Waals surface area contributed by atoms with Crippen LogP contribution in [0.2, 0.25) is 0 Å². The van der Waals surface area contributed by atoms with E-state index in [1.165, 1.54) is 0 Å². The highest BCUT2D eigenvalue weighted by Gasteiger charge is 2.34. The van der Waals surface area contributed by atoms with E-state index in [0.717, 1.165) is 4.90 Å². The molecule has 2 amide bonds. The van der Waals surface area contributed by atoms with Gasteiger partial charge in [0.25, 0.3) is 11.8 Å². The average Bonchev–Trinajstić information content (AvgIpc) is 2.60. The molecule has 1 aromatic rings. The fourth-order valence-electron chi connectivity index (χ4n) is 1.72. The Bertz CT molecular complexity index is 466. The van der Waals surface area contributed by atoms with Gasteiger partial charge in [0.15, 0.2) is 0 Å². The van der Waals surface area contributed by atoms with Crippen molar-refractivity contribution >= 4 is 22.8 Å². The first kappa shape index (κ1) is 11.9. The summed E-state index contributed by atoms with van der Waals surface area (Å²) in [5, 5.41) is 0. The summed E-state index contributed by atoms with van der Waals surface area (Å²) in [6, 6.07) is 6.70. The molecule has 0 radical (unpaired) electrons. The highest BCUT2D eigenvalue weighted by atomic mass is 32.2. The molecular formula is C11H12N2O3S. The number of nitrogens with zero attached hydrogens (tertiary/aromatic N) is 1. The SMILES string of the molecule is CNS(=O)CCN1C(=O)c2ccccc2C1=O. The van der Waals surface area contributed by atoms with E-state index in [9.17, 15) is 13.8 Å². The second-order valence-corrected chi connectivity index (χ2v) is 5.07. The highest BCUT2D eigenvalue weighted by Crippen LogP contribution is 2.21. The van der Waals surface area contributed by atoms with E-state index < -0.39 is 11.0 Å². The Balaban J connectivity index is 2.16. The van der Waals surface area contributed by atoms with Gasteiger partial charge in [0, 0.05) is 6.54 Å².